The predicted molar refractivity (Wildman–Crippen MR) is 56.9 cm³/mol. The second-order valence-electron chi connectivity index (χ2n) is 3.13. The zero-order valence-electron chi connectivity index (χ0n) is 9.43. The molecule has 0 radical (unpaired) electrons. The van der Waals surface area contributed by atoms with Crippen LogP contribution >= 0.6 is 0 Å². The summed E-state index contributed by atoms with van der Waals surface area (Å²) in [4.78, 5) is 6.71. The van der Waals surface area contributed by atoms with E-state index in [1.54, 1.807) is 0 Å². The highest BCUT2D eigenvalue weighted by Gasteiger charge is 2.35. The molecule has 0 aliphatic heterocycles. The molecule has 2 N–H and O–H groups in total. The monoisotopic (exact) mass is 250 g/mol. The molecular formula is C9H13F3N4O. The van der Waals surface area contributed by atoms with Crippen LogP contribution in [-0.2, 0) is 10.9 Å². The molecule has 0 bridgehead atoms. The van der Waals surface area contributed by atoms with E-state index < -0.39 is 12.0 Å². The first kappa shape index (κ1) is 13.5. The minimum atomic E-state index is -4.56. The first-order valence-corrected chi connectivity index (χ1v) is 4.84. The molecule has 0 amide bonds. The van der Waals surface area contributed by atoms with Crippen molar-refractivity contribution in [3.8, 4) is 0 Å². The minimum absolute atomic E-state index is 0.104. The third kappa shape index (κ3) is 4.06. The smallest absolute Gasteiger partial charge is 0.383 e. The molecule has 0 saturated carbocycles. The fraction of sp³-hybridized carbons (Fsp3) is 0.556. The molecule has 17 heavy (non-hydrogen) atoms. The van der Waals surface area contributed by atoms with E-state index in [2.05, 4.69) is 20.6 Å². The van der Waals surface area contributed by atoms with Crippen molar-refractivity contribution < 1.29 is 17.9 Å². The molecule has 0 atom stereocenters. The van der Waals surface area contributed by atoms with Crippen LogP contribution in [-0.4, -0.2) is 37.3 Å². The summed E-state index contributed by atoms with van der Waals surface area (Å²) in [6.45, 7) is 0.744. The van der Waals surface area contributed by atoms with Crippen LogP contribution in [0.15, 0.2) is 6.07 Å². The van der Waals surface area contributed by atoms with Crippen LogP contribution in [0.1, 0.15) is 5.82 Å². The Morgan fingerprint density at radius 2 is 1.94 bits per heavy atom. The molecule has 0 saturated heterocycles. The second kappa shape index (κ2) is 5.67. The van der Waals surface area contributed by atoms with Gasteiger partial charge in [0.15, 0.2) is 0 Å². The first-order valence-electron chi connectivity index (χ1n) is 4.84. The van der Waals surface area contributed by atoms with Crippen molar-refractivity contribution >= 4 is 11.6 Å². The Morgan fingerprint density at radius 1 is 1.29 bits per heavy atom. The normalized spacial score (nSPS) is 11.4. The first-order chi connectivity index (χ1) is 7.97. The maximum atomic E-state index is 12.5. The van der Waals surface area contributed by atoms with E-state index in [9.17, 15) is 13.2 Å². The average Bonchev–Trinajstić information content (AvgIpc) is 2.28. The van der Waals surface area contributed by atoms with Gasteiger partial charge in [-0.1, -0.05) is 0 Å². The van der Waals surface area contributed by atoms with Gasteiger partial charge in [-0.25, -0.2) is 9.97 Å². The molecule has 0 aliphatic carbocycles. The number of halogens is 3. The summed E-state index contributed by atoms with van der Waals surface area (Å²) in [5.74, 6) is -0.967. The van der Waals surface area contributed by atoms with Gasteiger partial charge in [0.05, 0.1) is 6.61 Å². The van der Waals surface area contributed by atoms with Gasteiger partial charge >= 0.3 is 6.18 Å². The molecule has 96 valence electrons. The summed E-state index contributed by atoms with van der Waals surface area (Å²) in [5, 5.41) is 5.26. The van der Waals surface area contributed by atoms with Gasteiger partial charge in [-0.2, -0.15) is 13.2 Å². The van der Waals surface area contributed by atoms with Crippen molar-refractivity contribution in [1.82, 2.24) is 9.97 Å². The SMILES string of the molecule is CNc1cc(NCCOC)nc(C(F)(F)F)n1. The lowest BCUT2D eigenvalue weighted by atomic mass is 10.4. The van der Waals surface area contributed by atoms with Gasteiger partial charge in [0.1, 0.15) is 11.6 Å². The second-order valence-corrected chi connectivity index (χ2v) is 3.13. The standard InChI is InChI=1S/C9H13F3N4O/c1-13-6-5-7(14-3-4-17-2)16-8(15-6)9(10,11)12/h5H,3-4H2,1-2H3,(H2,13,14,15,16). The largest absolute Gasteiger partial charge is 0.451 e. The number of nitrogens with one attached hydrogen (secondary N) is 2. The molecule has 8 heteroatoms. The number of anilines is 2. The van der Waals surface area contributed by atoms with E-state index in [4.69, 9.17) is 4.74 Å². The van der Waals surface area contributed by atoms with Crippen LogP contribution in [0.4, 0.5) is 24.8 Å². The highest BCUT2D eigenvalue weighted by atomic mass is 19.4. The van der Waals surface area contributed by atoms with Crippen molar-refractivity contribution in [2.75, 3.05) is 37.9 Å². The summed E-state index contributed by atoms with van der Waals surface area (Å²) in [7, 11) is 2.99. The van der Waals surface area contributed by atoms with Gasteiger partial charge in [0.25, 0.3) is 0 Å². The van der Waals surface area contributed by atoms with Gasteiger partial charge in [-0.05, 0) is 0 Å². The summed E-state index contributed by atoms with van der Waals surface area (Å²) >= 11 is 0. The Bertz CT molecular complexity index is 370. The molecule has 0 aromatic carbocycles. The van der Waals surface area contributed by atoms with Crippen LogP contribution in [0.5, 0.6) is 0 Å². The Hall–Kier alpha value is -1.57. The Labute approximate surface area is 96.4 Å². The number of aromatic nitrogens is 2. The summed E-state index contributed by atoms with van der Waals surface area (Å²) < 4.78 is 42.2. The van der Waals surface area contributed by atoms with E-state index in [-0.39, 0.29) is 11.6 Å². The lowest BCUT2D eigenvalue weighted by Gasteiger charge is -2.11. The van der Waals surface area contributed by atoms with Crippen molar-refractivity contribution in [3.63, 3.8) is 0 Å². The molecule has 0 unspecified atom stereocenters. The Kier molecular flexibility index (Phi) is 4.50. The highest BCUT2D eigenvalue weighted by molar-refractivity contribution is 5.47. The van der Waals surface area contributed by atoms with Gasteiger partial charge in [-0.3, -0.25) is 0 Å². The van der Waals surface area contributed by atoms with Crippen molar-refractivity contribution in [1.29, 1.82) is 0 Å². The molecular weight excluding hydrogens is 237 g/mol. The molecule has 1 aromatic rings. The Morgan fingerprint density at radius 3 is 2.47 bits per heavy atom. The van der Waals surface area contributed by atoms with E-state index in [0.717, 1.165) is 0 Å². The number of hydrogen-bond donors (Lipinski definition) is 2. The van der Waals surface area contributed by atoms with Gasteiger partial charge in [-0.15, -0.1) is 0 Å². The maximum Gasteiger partial charge on any atom is 0.451 e. The topological polar surface area (TPSA) is 59.1 Å². The fourth-order valence-corrected chi connectivity index (χ4v) is 1.07. The van der Waals surface area contributed by atoms with Gasteiger partial charge in [0, 0.05) is 26.8 Å². The molecule has 5 nitrogen and oxygen atoms in total. The molecule has 0 fully saturated rings. The zero-order chi connectivity index (χ0) is 12.9. The van der Waals surface area contributed by atoms with Crippen LogP contribution in [0.3, 0.4) is 0 Å². The van der Waals surface area contributed by atoms with E-state index in [0.29, 0.717) is 13.2 Å². The summed E-state index contributed by atoms with van der Waals surface area (Å²) in [6, 6.07) is 1.39. The maximum absolute atomic E-state index is 12.5. The number of nitrogens with zero attached hydrogens (tertiary/aromatic N) is 2. The summed E-state index contributed by atoms with van der Waals surface area (Å²) in [6.07, 6.45) is -4.56. The van der Waals surface area contributed by atoms with E-state index >= 15 is 0 Å². The van der Waals surface area contributed by atoms with E-state index in [1.807, 2.05) is 0 Å². The average molecular weight is 250 g/mol. The number of hydrogen-bond acceptors (Lipinski definition) is 5. The number of alkyl halides is 3. The van der Waals surface area contributed by atoms with E-state index in [1.165, 1.54) is 20.2 Å². The quantitative estimate of drug-likeness (QED) is 0.777. The van der Waals surface area contributed by atoms with Crippen molar-refractivity contribution in [2.24, 2.45) is 0 Å². The molecule has 1 aromatic heterocycles. The predicted octanol–water partition coefficient (Wildman–Crippen LogP) is 1.60. The Balaban J connectivity index is 2.89. The lowest BCUT2D eigenvalue weighted by Crippen LogP contribution is -2.16. The van der Waals surface area contributed by atoms with Crippen LogP contribution in [0.2, 0.25) is 0 Å². The third-order valence-electron chi connectivity index (χ3n) is 1.85. The molecule has 1 rings (SSSR count). The van der Waals surface area contributed by atoms with Gasteiger partial charge in [0.2, 0.25) is 5.82 Å². The van der Waals surface area contributed by atoms with Crippen molar-refractivity contribution in [2.45, 2.75) is 6.18 Å². The number of ether oxygens (including phenoxy) is 1. The molecule has 0 aliphatic rings. The van der Waals surface area contributed by atoms with Crippen LogP contribution in [0.25, 0.3) is 0 Å². The third-order valence-corrected chi connectivity index (χ3v) is 1.85. The molecule has 0 spiro atoms. The van der Waals surface area contributed by atoms with Crippen LogP contribution < -0.4 is 10.6 Å². The summed E-state index contributed by atoms with van der Waals surface area (Å²) in [5.41, 5.74) is 0. The number of methoxy groups -OCH3 is 1. The molecule has 1 heterocycles. The highest BCUT2D eigenvalue weighted by Crippen LogP contribution is 2.28. The number of rotatable bonds is 5. The van der Waals surface area contributed by atoms with Crippen molar-refractivity contribution in [3.05, 3.63) is 11.9 Å². The lowest BCUT2D eigenvalue weighted by molar-refractivity contribution is -0.144. The zero-order valence-corrected chi connectivity index (χ0v) is 9.43. The fourth-order valence-electron chi connectivity index (χ4n) is 1.07. The van der Waals surface area contributed by atoms with Crippen LogP contribution in [0, 0.1) is 0 Å². The minimum Gasteiger partial charge on any atom is -0.383 e. The van der Waals surface area contributed by atoms with Gasteiger partial charge < -0.3 is 15.4 Å².